The molecule has 1 aromatic carbocycles. The van der Waals surface area contributed by atoms with Crippen LogP contribution in [0.25, 0.3) is 0 Å². The molecule has 8 nitrogen and oxygen atoms in total. The molecule has 1 aliphatic heterocycles. The number of carboxylic acid groups (broad SMARTS) is 1. The third-order valence-corrected chi connectivity index (χ3v) is 6.67. The summed E-state index contributed by atoms with van der Waals surface area (Å²) in [7, 11) is -3.29. The van der Waals surface area contributed by atoms with E-state index in [2.05, 4.69) is 10.3 Å². The van der Waals surface area contributed by atoms with Crippen molar-refractivity contribution in [2.24, 2.45) is 0 Å². The molecule has 1 aromatic heterocycles. The molecular weight excluding hydrogens is 378 g/mol. The van der Waals surface area contributed by atoms with E-state index in [4.69, 9.17) is 5.11 Å². The van der Waals surface area contributed by atoms with E-state index in [0.29, 0.717) is 42.2 Å². The Kier molecular flexibility index (Phi) is 5.23. The molecule has 0 aliphatic carbocycles. The van der Waals surface area contributed by atoms with Crippen LogP contribution in [0.1, 0.15) is 32.3 Å². The summed E-state index contributed by atoms with van der Waals surface area (Å²) in [5.41, 5.74) is 0.854. The van der Waals surface area contributed by atoms with Gasteiger partial charge in [0.1, 0.15) is 0 Å². The van der Waals surface area contributed by atoms with Gasteiger partial charge in [0.25, 0.3) is 5.91 Å². The van der Waals surface area contributed by atoms with Crippen LogP contribution < -0.4 is 9.62 Å². The molecule has 1 amide bonds. The monoisotopic (exact) mass is 395 g/mol. The van der Waals surface area contributed by atoms with Crippen molar-refractivity contribution in [3.05, 3.63) is 45.9 Å². The quantitative estimate of drug-likeness (QED) is 0.763. The number of benzene rings is 1. The first-order valence-corrected chi connectivity index (χ1v) is 10.4. The Bertz CT molecular complexity index is 939. The summed E-state index contributed by atoms with van der Waals surface area (Å²) >= 11 is 1.23. The zero-order valence-corrected chi connectivity index (χ0v) is 15.3. The van der Waals surface area contributed by atoms with Crippen LogP contribution in [-0.2, 0) is 16.4 Å². The van der Waals surface area contributed by atoms with Gasteiger partial charge in [-0.1, -0.05) is 6.07 Å². The Hall–Kier alpha value is -2.46. The topological polar surface area (TPSA) is 117 Å². The number of carbonyl (C=O) groups excluding carboxylic acids is 1. The number of anilines is 1. The third kappa shape index (κ3) is 4.02. The molecule has 1 aliphatic rings. The van der Waals surface area contributed by atoms with E-state index in [-0.39, 0.29) is 17.4 Å². The largest absolute Gasteiger partial charge is 0.476 e. The molecule has 0 unspecified atom stereocenters. The summed E-state index contributed by atoms with van der Waals surface area (Å²) in [6.07, 6.45) is 0.995. The SMILES string of the molecule is O=C(NCCc1nc(C(=O)O)cs1)c1cccc(N2CCCS2(=O)=O)c1. The minimum Gasteiger partial charge on any atom is -0.476 e. The molecule has 3 rings (SSSR count). The molecule has 0 bridgehead atoms. The molecule has 1 saturated heterocycles. The minimum atomic E-state index is -3.29. The van der Waals surface area contributed by atoms with E-state index in [0.717, 1.165) is 0 Å². The maximum atomic E-state index is 12.3. The number of thiazole rings is 1. The third-order valence-electron chi connectivity index (χ3n) is 3.89. The predicted molar refractivity (Wildman–Crippen MR) is 97.3 cm³/mol. The van der Waals surface area contributed by atoms with E-state index >= 15 is 0 Å². The van der Waals surface area contributed by atoms with Gasteiger partial charge in [0.05, 0.1) is 16.4 Å². The second-order valence-electron chi connectivity index (χ2n) is 5.73. The Labute approximate surface area is 154 Å². The molecule has 0 saturated carbocycles. The van der Waals surface area contributed by atoms with Crippen LogP contribution in [0.2, 0.25) is 0 Å². The van der Waals surface area contributed by atoms with E-state index in [1.165, 1.54) is 21.0 Å². The lowest BCUT2D eigenvalue weighted by Gasteiger charge is -2.17. The normalized spacial score (nSPS) is 15.8. The maximum absolute atomic E-state index is 12.3. The van der Waals surface area contributed by atoms with Crippen LogP contribution in [0.15, 0.2) is 29.6 Å². The first-order valence-electron chi connectivity index (χ1n) is 7.93. The van der Waals surface area contributed by atoms with Gasteiger partial charge in [0, 0.05) is 30.5 Å². The van der Waals surface area contributed by atoms with E-state index in [1.54, 1.807) is 24.3 Å². The molecule has 10 heteroatoms. The van der Waals surface area contributed by atoms with Crippen molar-refractivity contribution in [2.75, 3.05) is 23.1 Å². The molecule has 2 aromatic rings. The van der Waals surface area contributed by atoms with Gasteiger partial charge in [0.15, 0.2) is 5.69 Å². The smallest absolute Gasteiger partial charge is 0.355 e. The number of nitrogens with one attached hydrogen (secondary N) is 1. The number of aromatic nitrogens is 1. The van der Waals surface area contributed by atoms with Crippen molar-refractivity contribution in [3.8, 4) is 0 Å². The fourth-order valence-corrected chi connectivity index (χ4v) is 4.97. The van der Waals surface area contributed by atoms with Gasteiger partial charge in [-0.3, -0.25) is 9.10 Å². The second kappa shape index (κ2) is 7.42. The van der Waals surface area contributed by atoms with Crippen molar-refractivity contribution in [2.45, 2.75) is 12.8 Å². The van der Waals surface area contributed by atoms with Gasteiger partial charge in [-0.25, -0.2) is 18.2 Å². The minimum absolute atomic E-state index is 0.00384. The zero-order valence-electron chi connectivity index (χ0n) is 13.7. The molecule has 0 spiro atoms. The molecule has 2 heterocycles. The average molecular weight is 395 g/mol. The van der Waals surface area contributed by atoms with Crippen molar-refractivity contribution < 1.29 is 23.1 Å². The molecular formula is C16H17N3O5S2. The lowest BCUT2D eigenvalue weighted by Crippen LogP contribution is -2.27. The summed E-state index contributed by atoms with van der Waals surface area (Å²) in [5, 5.41) is 13.7. The molecule has 138 valence electrons. The van der Waals surface area contributed by atoms with Gasteiger partial charge in [-0.05, 0) is 24.6 Å². The summed E-state index contributed by atoms with van der Waals surface area (Å²) in [6, 6.07) is 6.50. The first kappa shape index (κ1) is 18.3. The second-order valence-corrected chi connectivity index (χ2v) is 8.69. The number of carbonyl (C=O) groups is 2. The lowest BCUT2D eigenvalue weighted by atomic mass is 10.2. The Morgan fingerprint density at radius 1 is 1.35 bits per heavy atom. The highest BCUT2D eigenvalue weighted by atomic mass is 32.2. The number of hydrogen-bond donors (Lipinski definition) is 2. The Morgan fingerprint density at radius 3 is 2.81 bits per heavy atom. The summed E-state index contributed by atoms with van der Waals surface area (Å²) in [6.45, 7) is 0.723. The first-order chi connectivity index (χ1) is 12.4. The van der Waals surface area contributed by atoms with Crippen LogP contribution >= 0.6 is 11.3 Å². The number of sulfonamides is 1. The van der Waals surface area contributed by atoms with Gasteiger partial charge in [-0.15, -0.1) is 11.3 Å². The standard InChI is InChI=1S/C16H17N3O5S2/c20-15(17-6-5-14-18-13(10-25-14)16(21)22)11-3-1-4-12(9-11)19-7-2-8-26(19,23)24/h1,3-4,9-10H,2,5-8H2,(H,17,20)(H,21,22). The highest BCUT2D eigenvalue weighted by molar-refractivity contribution is 7.93. The Morgan fingerprint density at radius 2 is 2.15 bits per heavy atom. The number of aromatic carboxylic acids is 1. The maximum Gasteiger partial charge on any atom is 0.355 e. The van der Waals surface area contributed by atoms with Crippen molar-refractivity contribution in [1.82, 2.24) is 10.3 Å². The number of hydrogen-bond acceptors (Lipinski definition) is 6. The van der Waals surface area contributed by atoms with Crippen molar-refractivity contribution in [1.29, 1.82) is 0 Å². The van der Waals surface area contributed by atoms with Gasteiger partial charge in [-0.2, -0.15) is 0 Å². The van der Waals surface area contributed by atoms with Gasteiger partial charge < -0.3 is 10.4 Å². The van der Waals surface area contributed by atoms with E-state index in [1.807, 2.05) is 0 Å². The van der Waals surface area contributed by atoms with Crippen LogP contribution in [0.5, 0.6) is 0 Å². The molecule has 2 N–H and O–H groups in total. The molecule has 1 fully saturated rings. The van der Waals surface area contributed by atoms with Crippen molar-refractivity contribution in [3.63, 3.8) is 0 Å². The van der Waals surface area contributed by atoms with E-state index < -0.39 is 16.0 Å². The van der Waals surface area contributed by atoms with Gasteiger partial charge in [0.2, 0.25) is 10.0 Å². The Balaban J connectivity index is 1.61. The van der Waals surface area contributed by atoms with Crippen LogP contribution in [0.3, 0.4) is 0 Å². The van der Waals surface area contributed by atoms with Crippen LogP contribution in [0, 0.1) is 0 Å². The fourth-order valence-electron chi connectivity index (χ4n) is 2.64. The lowest BCUT2D eigenvalue weighted by molar-refractivity contribution is 0.0690. The van der Waals surface area contributed by atoms with E-state index in [9.17, 15) is 18.0 Å². The number of amides is 1. The number of rotatable bonds is 6. The summed E-state index contributed by atoms with van der Waals surface area (Å²) < 4.78 is 25.3. The molecule has 0 radical (unpaired) electrons. The highest BCUT2D eigenvalue weighted by Crippen LogP contribution is 2.24. The van der Waals surface area contributed by atoms with Gasteiger partial charge >= 0.3 is 5.97 Å². The highest BCUT2D eigenvalue weighted by Gasteiger charge is 2.28. The summed E-state index contributed by atoms with van der Waals surface area (Å²) in [4.78, 5) is 27.0. The molecule has 0 atom stereocenters. The predicted octanol–water partition coefficient (Wildman–Crippen LogP) is 1.35. The number of nitrogens with zero attached hydrogens (tertiary/aromatic N) is 2. The van der Waals surface area contributed by atoms with Crippen LogP contribution in [-0.4, -0.2) is 49.2 Å². The molecule has 26 heavy (non-hydrogen) atoms. The fraction of sp³-hybridized carbons (Fsp3) is 0.312. The van der Waals surface area contributed by atoms with Crippen LogP contribution in [0.4, 0.5) is 5.69 Å². The zero-order chi connectivity index (χ0) is 18.7. The van der Waals surface area contributed by atoms with Crippen molar-refractivity contribution >= 4 is 38.9 Å². The summed E-state index contributed by atoms with van der Waals surface area (Å²) in [5.74, 6) is -1.28. The number of carboxylic acids is 1. The average Bonchev–Trinajstić information content (AvgIpc) is 3.21.